The maximum atomic E-state index is 13.1. The molecule has 0 radical (unpaired) electrons. The number of rotatable bonds is 8. The van der Waals surface area contributed by atoms with Crippen LogP contribution in [-0.4, -0.2) is 63.2 Å². The third-order valence-electron chi connectivity index (χ3n) is 5.89. The van der Waals surface area contributed by atoms with Gasteiger partial charge in [-0.3, -0.25) is 9.62 Å². The van der Waals surface area contributed by atoms with E-state index in [2.05, 4.69) is 26.6 Å². The summed E-state index contributed by atoms with van der Waals surface area (Å²) in [6.45, 7) is 10.2. The van der Waals surface area contributed by atoms with Crippen molar-refractivity contribution in [2.75, 3.05) is 44.6 Å². The first-order valence-electron chi connectivity index (χ1n) is 11.1. The monoisotopic (exact) mass is 470 g/mol. The number of hydrogen-bond acceptors (Lipinski definition) is 7. The Morgan fingerprint density at radius 1 is 1.03 bits per heavy atom. The molecular weight excluding hydrogens is 440 g/mol. The molecule has 3 aromatic rings. The Kier molecular flexibility index (Phi) is 7.02. The van der Waals surface area contributed by atoms with Gasteiger partial charge in [0.1, 0.15) is 10.6 Å². The Labute approximate surface area is 195 Å². The SMILES string of the molecule is CCN1CCN(Cc2ccc(NS(=O)(=O)c3ccc(-c4cc(C)no4)cc3OC)cc2)CC1. The Morgan fingerprint density at radius 2 is 1.73 bits per heavy atom. The maximum absolute atomic E-state index is 13.1. The summed E-state index contributed by atoms with van der Waals surface area (Å²) < 4.78 is 39.4. The first-order valence-corrected chi connectivity index (χ1v) is 12.5. The van der Waals surface area contributed by atoms with Crippen LogP contribution in [0.25, 0.3) is 11.3 Å². The quantitative estimate of drug-likeness (QED) is 0.538. The Hall–Kier alpha value is -2.88. The third-order valence-corrected chi connectivity index (χ3v) is 7.31. The van der Waals surface area contributed by atoms with Crippen molar-refractivity contribution in [2.45, 2.75) is 25.3 Å². The highest BCUT2D eigenvalue weighted by Gasteiger charge is 2.21. The van der Waals surface area contributed by atoms with E-state index < -0.39 is 10.0 Å². The number of aromatic nitrogens is 1. The van der Waals surface area contributed by atoms with Gasteiger partial charge in [-0.25, -0.2) is 8.42 Å². The summed E-state index contributed by atoms with van der Waals surface area (Å²) in [6.07, 6.45) is 0. The van der Waals surface area contributed by atoms with Gasteiger partial charge in [-0.2, -0.15) is 0 Å². The maximum Gasteiger partial charge on any atom is 0.265 e. The number of nitrogens with one attached hydrogen (secondary N) is 1. The van der Waals surface area contributed by atoms with Crippen LogP contribution >= 0.6 is 0 Å². The van der Waals surface area contributed by atoms with Crippen molar-refractivity contribution in [1.82, 2.24) is 15.0 Å². The second-order valence-corrected chi connectivity index (χ2v) is 9.86. The summed E-state index contributed by atoms with van der Waals surface area (Å²) in [5.74, 6) is 0.784. The normalized spacial score (nSPS) is 15.5. The number of hydrogen-bond donors (Lipinski definition) is 1. The second-order valence-electron chi connectivity index (χ2n) is 8.21. The van der Waals surface area contributed by atoms with E-state index in [1.807, 2.05) is 19.1 Å². The lowest BCUT2D eigenvalue weighted by Crippen LogP contribution is -2.45. The Morgan fingerprint density at radius 3 is 2.33 bits per heavy atom. The zero-order chi connectivity index (χ0) is 23.4. The van der Waals surface area contributed by atoms with Crippen molar-refractivity contribution < 1.29 is 17.7 Å². The predicted molar refractivity (Wildman–Crippen MR) is 128 cm³/mol. The number of ether oxygens (including phenoxy) is 1. The van der Waals surface area contributed by atoms with Crippen LogP contribution < -0.4 is 9.46 Å². The van der Waals surface area contributed by atoms with Crippen LogP contribution in [0.5, 0.6) is 5.75 Å². The van der Waals surface area contributed by atoms with Crippen LogP contribution in [0.15, 0.2) is 57.9 Å². The smallest absolute Gasteiger partial charge is 0.265 e. The zero-order valence-corrected chi connectivity index (χ0v) is 20.1. The number of benzene rings is 2. The number of sulfonamides is 1. The molecule has 1 saturated heterocycles. The molecule has 8 nitrogen and oxygen atoms in total. The van der Waals surface area contributed by atoms with Crippen molar-refractivity contribution in [3.8, 4) is 17.1 Å². The highest BCUT2D eigenvalue weighted by Crippen LogP contribution is 2.31. The molecule has 2 heterocycles. The fourth-order valence-electron chi connectivity index (χ4n) is 3.95. The average Bonchev–Trinajstić information content (AvgIpc) is 3.26. The molecule has 0 saturated carbocycles. The number of anilines is 1. The number of nitrogens with zero attached hydrogens (tertiary/aromatic N) is 3. The lowest BCUT2D eigenvalue weighted by molar-refractivity contribution is 0.132. The topological polar surface area (TPSA) is 87.9 Å². The number of aryl methyl sites for hydroxylation is 1. The van der Waals surface area contributed by atoms with E-state index in [0.717, 1.165) is 50.5 Å². The minimum atomic E-state index is -3.84. The molecule has 1 aromatic heterocycles. The van der Waals surface area contributed by atoms with Crippen molar-refractivity contribution in [3.63, 3.8) is 0 Å². The van der Waals surface area contributed by atoms with E-state index in [4.69, 9.17) is 9.26 Å². The van der Waals surface area contributed by atoms with Crippen LogP contribution in [0, 0.1) is 6.92 Å². The molecule has 9 heteroatoms. The van der Waals surface area contributed by atoms with Crippen molar-refractivity contribution in [3.05, 3.63) is 59.8 Å². The predicted octanol–water partition coefficient (Wildman–Crippen LogP) is 3.60. The van der Waals surface area contributed by atoms with Gasteiger partial charge >= 0.3 is 0 Å². The molecule has 0 amide bonds. The zero-order valence-electron chi connectivity index (χ0n) is 19.2. The lowest BCUT2D eigenvalue weighted by atomic mass is 10.1. The Bertz CT molecular complexity index is 1180. The van der Waals surface area contributed by atoms with Gasteiger partial charge in [0.05, 0.1) is 12.8 Å². The first kappa shape index (κ1) is 23.3. The highest BCUT2D eigenvalue weighted by atomic mass is 32.2. The molecule has 1 N–H and O–H groups in total. The van der Waals surface area contributed by atoms with Gasteiger partial charge in [0, 0.05) is 50.0 Å². The molecule has 1 aliphatic rings. The summed E-state index contributed by atoms with van der Waals surface area (Å²) >= 11 is 0. The van der Waals surface area contributed by atoms with Crippen LogP contribution in [0.1, 0.15) is 18.2 Å². The van der Waals surface area contributed by atoms with Gasteiger partial charge in [-0.15, -0.1) is 0 Å². The van der Waals surface area contributed by atoms with Gasteiger partial charge in [0.25, 0.3) is 10.0 Å². The lowest BCUT2D eigenvalue weighted by Gasteiger charge is -2.34. The van der Waals surface area contributed by atoms with E-state index in [0.29, 0.717) is 17.0 Å². The highest BCUT2D eigenvalue weighted by molar-refractivity contribution is 7.92. The number of methoxy groups -OCH3 is 1. The molecular formula is C24H30N4O4S. The van der Waals surface area contributed by atoms with Crippen LogP contribution in [0.3, 0.4) is 0 Å². The summed E-state index contributed by atoms with van der Waals surface area (Å²) in [4.78, 5) is 4.93. The van der Waals surface area contributed by atoms with Crippen molar-refractivity contribution >= 4 is 15.7 Å². The van der Waals surface area contributed by atoms with Crippen LogP contribution in [0.4, 0.5) is 5.69 Å². The molecule has 0 spiro atoms. The number of piperazine rings is 1. The molecule has 4 rings (SSSR count). The summed E-state index contributed by atoms with van der Waals surface area (Å²) in [6, 6.07) is 14.1. The first-order chi connectivity index (χ1) is 15.9. The minimum absolute atomic E-state index is 0.0582. The molecule has 0 bridgehead atoms. The molecule has 1 fully saturated rings. The second kappa shape index (κ2) is 9.94. The van der Waals surface area contributed by atoms with E-state index in [9.17, 15) is 8.42 Å². The number of likely N-dealkylation sites (N-methyl/N-ethyl adjacent to an activating group) is 1. The molecule has 176 valence electrons. The van der Waals surface area contributed by atoms with E-state index in [1.165, 1.54) is 13.2 Å². The van der Waals surface area contributed by atoms with Gasteiger partial charge in [-0.05, 0) is 49.4 Å². The Balaban J connectivity index is 1.45. The van der Waals surface area contributed by atoms with Gasteiger partial charge < -0.3 is 14.2 Å². The van der Waals surface area contributed by atoms with Crippen molar-refractivity contribution in [2.24, 2.45) is 0 Å². The third kappa shape index (κ3) is 5.55. The molecule has 0 aliphatic carbocycles. The van der Waals surface area contributed by atoms with Gasteiger partial charge in [0.15, 0.2) is 5.76 Å². The van der Waals surface area contributed by atoms with Gasteiger partial charge in [-0.1, -0.05) is 24.2 Å². The molecule has 33 heavy (non-hydrogen) atoms. The van der Waals surface area contributed by atoms with Gasteiger partial charge in [0.2, 0.25) is 0 Å². The van der Waals surface area contributed by atoms with Crippen molar-refractivity contribution in [1.29, 1.82) is 0 Å². The largest absolute Gasteiger partial charge is 0.495 e. The minimum Gasteiger partial charge on any atom is -0.495 e. The molecule has 2 aromatic carbocycles. The summed E-state index contributed by atoms with van der Waals surface area (Å²) in [5.41, 5.74) is 3.10. The standard InChI is InChI=1S/C24H30N4O4S/c1-4-27-11-13-28(14-12-27)17-19-5-8-21(9-6-19)26-33(29,30)24-10-7-20(16-23(24)31-3)22-15-18(2)25-32-22/h5-10,15-16,26H,4,11-14,17H2,1-3H3. The van der Waals surface area contributed by atoms with Crippen LogP contribution in [0.2, 0.25) is 0 Å². The average molecular weight is 471 g/mol. The summed E-state index contributed by atoms with van der Waals surface area (Å²) in [5, 5.41) is 3.88. The van der Waals surface area contributed by atoms with E-state index >= 15 is 0 Å². The van der Waals surface area contributed by atoms with E-state index in [-0.39, 0.29) is 10.6 Å². The molecule has 1 aliphatic heterocycles. The van der Waals surface area contributed by atoms with Crippen LogP contribution in [-0.2, 0) is 16.6 Å². The van der Waals surface area contributed by atoms with E-state index in [1.54, 1.807) is 30.3 Å². The molecule has 0 atom stereocenters. The summed E-state index contributed by atoms with van der Waals surface area (Å²) in [7, 11) is -2.39. The fraction of sp³-hybridized carbons (Fsp3) is 0.375. The fourth-order valence-corrected chi connectivity index (χ4v) is 5.16. The molecule has 0 unspecified atom stereocenters.